The molecule has 2 rings (SSSR count). The van der Waals surface area contributed by atoms with Crippen LogP contribution in [-0.2, 0) is 0 Å². The van der Waals surface area contributed by atoms with Gasteiger partial charge in [-0.05, 0) is 34.7 Å². The predicted octanol–water partition coefficient (Wildman–Crippen LogP) is 3.98. The van der Waals surface area contributed by atoms with Crippen molar-refractivity contribution in [1.82, 2.24) is 4.98 Å². The summed E-state index contributed by atoms with van der Waals surface area (Å²) < 4.78 is 14.4. The highest BCUT2D eigenvalue weighted by Crippen LogP contribution is 2.43. The van der Waals surface area contributed by atoms with Crippen LogP contribution in [0.3, 0.4) is 0 Å². The van der Waals surface area contributed by atoms with Crippen molar-refractivity contribution in [3.05, 3.63) is 27.7 Å². The molecule has 1 fully saturated rings. The number of halogens is 2. The maximum atomic E-state index is 13.8. The molecule has 0 saturated heterocycles. The summed E-state index contributed by atoms with van der Waals surface area (Å²) in [6.45, 7) is 3.95. The maximum absolute atomic E-state index is 13.8. The second kappa shape index (κ2) is 3.61. The molecule has 1 saturated carbocycles. The Bertz CT molecular complexity index is 332. The number of hydrogen-bond acceptors (Lipinski definition) is 1. The Morgan fingerprint density at radius 3 is 2.64 bits per heavy atom. The van der Waals surface area contributed by atoms with Gasteiger partial charge in [0.25, 0.3) is 0 Å². The van der Waals surface area contributed by atoms with Crippen LogP contribution in [0.1, 0.15) is 49.8 Å². The lowest BCUT2D eigenvalue weighted by molar-refractivity contribution is 0.584. The molecule has 0 radical (unpaired) electrons. The van der Waals surface area contributed by atoms with Gasteiger partial charge in [-0.2, -0.15) is 0 Å². The van der Waals surface area contributed by atoms with E-state index in [1.165, 1.54) is 0 Å². The Hall–Kier alpha value is -0.440. The van der Waals surface area contributed by atoms with Gasteiger partial charge in [0, 0.05) is 17.7 Å². The van der Waals surface area contributed by atoms with Crippen LogP contribution in [0.2, 0.25) is 0 Å². The smallest absolute Gasteiger partial charge is 0.144 e. The molecule has 0 aliphatic heterocycles. The van der Waals surface area contributed by atoms with Gasteiger partial charge in [-0.1, -0.05) is 13.8 Å². The molecule has 1 heterocycles. The SMILES string of the molecule is CC(C)c1cnc(C2CC2)c(Br)c1F. The first-order valence-electron chi connectivity index (χ1n) is 4.95. The Labute approximate surface area is 91.9 Å². The molecule has 1 aromatic rings. The van der Waals surface area contributed by atoms with Crippen molar-refractivity contribution in [1.29, 1.82) is 0 Å². The summed E-state index contributed by atoms with van der Waals surface area (Å²) in [5.41, 5.74) is 1.59. The molecule has 76 valence electrons. The zero-order valence-corrected chi connectivity index (χ0v) is 9.94. The molecule has 14 heavy (non-hydrogen) atoms. The van der Waals surface area contributed by atoms with E-state index in [1.807, 2.05) is 13.8 Å². The average molecular weight is 258 g/mol. The second-order valence-corrected chi connectivity index (χ2v) is 4.95. The Balaban J connectivity index is 2.44. The van der Waals surface area contributed by atoms with E-state index in [9.17, 15) is 4.39 Å². The Kier molecular flexibility index (Phi) is 2.60. The largest absolute Gasteiger partial charge is 0.259 e. The van der Waals surface area contributed by atoms with E-state index in [2.05, 4.69) is 20.9 Å². The minimum Gasteiger partial charge on any atom is -0.259 e. The molecule has 1 aliphatic rings. The van der Waals surface area contributed by atoms with Crippen LogP contribution in [0.4, 0.5) is 4.39 Å². The number of nitrogens with zero attached hydrogens (tertiary/aromatic N) is 1. The van der Waals surface area contributed by atoms with Gasteiger partial charge in [-0.15, -0.1) is 0 Å². The third-order valence-corrected chi connectivity index (χ3v) is 3.35. The molecule has 0 spiro atoms. The molecule has 0 bridgehead atoms. The van der Waals surface area contributed by atoms with Gasteiger partial charge < -0.3 is 0 Å². The van der Waals surface area contributed by atoms with Gasteiger partial charge in [0.15, 0.2) is 0 Å². The lowest BCUT2D eigenvalue weighted by Crippen LogP contribution is -2.00. The van der Waals surface area contributed by atoms with E-state index in [0.29, 0.717) is 16.0 Å². The van der Waals surface area contributed by atoms with Crippen LogP contribution in [0, 0.1) is 5.82 Å². The fraction of sp³-hybridized carbons (Fsp3) is 0.545. The first-order valence-corrected chi connectivity index (χ1v) is 5.74. The molecule has 0 aromatic carbocycles. The average Bonchev–Trinajstić information content (AvgIpc) is 2.92. The lowest BCUT2D eigenvalue weighted by Gasteiger charge is -2.10. The van der Waals surface area contributed by atoms with Gasteiger partial charge in [-0.3, -0.25) is 4.98 Å². The van der Waals surface area contributed by atoms with Crippen molar-refractivity contribution in [3.8, 4) is 0 Å². The molecule has 0 N–H and O–H groups in total. The van der Waals surface area contributed by atoms with E-state index in [1.54, 1.807) is 6.20 Å². The van der Waals surface area contributed by atoms with Gasteiger partial charge in [0.2, 0.25) is 0 Å². The third kappa shape index (κ3) is 1.70. The summed E-state index contributed by atoms with van der Waals surface area (Å²) in [7, 11) is 0. The normalized spacial score (nSPS) is 16.4. The molecule has 3 heteroatoms. The highest BCUT2D eigenvalue weighted by molar-refractivity contribution is 9.10. The third-order valence-electron chi connectivity index (χ3n) is 2.60. The monoisotopic (exact) mass is 257 g/mol. The molecular weight excluding hydrogens is 245 g/mol. The van der Waals surface area contributed by atoms with Crippen LogP contribution in [0.15, 0.2) is 10.7 Å². The lowest BCUT2D eigenvalue weighted by atomic mass is 10.0. The fourth-order valence-electron chi connectivity index (χ4n) is 1.54. The molecule has 0 atom stereocenters. The summed E-state index contributed by atoms with van der Waals surface area (Å²) in [6.07, 6.45) is 3.97. The van der Waals surface area contributed by atoms with Crippen molar-refractivity contribution in [2.24, 2.45) is 0 Å². The minimum absolute atomic E-state index is 0.128. The summed E-state index contributed by atoms with van der Waals surface area (Å²) in [5.74, 6) is 0.545. The van der Waals surface area contributed by atoms with Crippen LogP contribution in [0.5, 0.6) is 0 Å². The Morgan fingerprint density at radius 1 is 1.50 bits per heavy atom. The summed E-state index contributed by atoms with van der Waals surface area (Å²) in [4.78, 5) is 4.34. The molecule has 1 nitrogen and oxygen atoms in total. The van der Waals surface area contributed by atoms with E-state index >= 15 is 0 Å². The summed E-state index contributed by atoms with van der Waals surface area (Å²) >= 11 is 3.30. The van der Waals surface area contributed by atoms with Gasteiger partial charge >= 0.3 is 0 Å². The number of rotatable bonds is 2. The van der Waals surface area contributed by atoms with Crippen molar-refractivity contribution in [3.63, 3.8) is 0 Å². The maximum Gasteiger partial charge on any atom is 0.144 e. The van der Waals surface area contributed by atoms with Gasteiger partial charge in [0.1, 0.15) is 5.82 Å². The zero-order valence-electron chi connectivity index (χ0n) is 8.35. The van der Waals surface area contributed by atoms with E-state index < -0.39 is 0 Å². The quantitative estimate of drug-likeness (QED) is 0.781. The first-order chi connectivity index (χ1) is 6.61. The van der Waals surface area contributed by atoms with Crippen molar-refractivity contribution in [2.75, 3.05) is 0 Å². The van der Waals surface area contributed by atoms with Crippen LogP contribution in [0.25, 0.3) is 0 Å². The fourth-order valence-corrected chi connectivity index (χ4v) is 2.19. The van der Waals surface area contributed by atoms with Crippen molar-refractivity contribution >= 4 is 15.9 Å². The second-order valence-electron chi connectivity index (χ2n) is 4.16. The minimum atomic E-state index is -0.128. The molecular formula is C11H13BrFN. The number of aromatic nitrogens is 1. The topological polar surface area (TPSA) is 12.9 Å². The van der Waals surface area contributed by atoms with Crippen LogP contribution >= 0.6 is 15.9 Å². The first kappa shape index (κ1) is 10.1. The predicted molar refractivity (Wildman–Crippen MR) is 58.0 cm³/mol. The summed E-state index contributed by atoms with van der Waals surface area (Å²) in [6, 6.07) is 0. The van der Waals surface area contributed by atoms with Crippen LogP contribution in [-0.4, -0.2) is 4.98 Å². The summed E-state index contributed by atoms with van der Waals surface area (Å²) in [5, 5.41) is 0. The molecule has 0 unspecified atom stereocenters. The Morgan fingerprint density at radius 2 is 2.14 bits per heavy atom. The molecule has 1 aromatic heterocycles. The zero-order chi connectivity index (χ0) is 10.3. The number of hydrogen-bond donors (Lipinski definition) is 0. The van der Waals surface area contributed by atoms with E-state index in [0.717, 1.165) is 18.5 Å². The van der Waals surface area contributed by atoms with Crippen molar-refractivity contribution < 1.29 is 4.39 Å². The van der Waals surface area contributed by atoms with Crippen LogP contribution < -0.4 is 0 Å². The van der Waals surface area contributed by atoms with Crippen molar-refractivity contribution in [2.45, 2.75) is 38.5 Å². The standard InChI is InChI=1S/C11H13BrFN/c1-6(2)8-5-14-11(7-3-4-7)9(12)10(8)13/h5-7H,3-4H2,1-2H3. The number of pyridine rings is 1. The highest BCUT2D eigenvalue weighted by Gasteiger charge is 2.29. The van der Waals surface area contributed by atoms with Gasteiger partial charge in [0.05, 0.1) is 10.2 Å². The molecule has 1 aliphatic carbocycles. The van der Waals surface area contributed by atoms with E-state index in [4.69, 9.17) is 0 Å². The molecule has 0 amide bonds. The van der Waals surface area contributed by atoms with Gasteiger partial charge in [-0.25, -0.2) is 4.39 Å². The van der Waals surface area contributed by atoms with E-state index in [-0.39, 0.29) is 11.7 Å². The highest BCUT2D eigenvalue weighted by atomic mass is 79.9.